The molecule has 0 atom stereocenters. The molecule has 0 amide bonds. The molecule has 0 aliphatic heterocycles. The summed E-state index contributed by atoms with van der Waals surface area (Å²) in [5.74, 6) is 0.905. The summed E-state index contributed by atoms with van der Waals surface area (Å²) in [6.45, 7) is 2.14. The van der Waals surface area contributed by atoms with Crippen molar-refractivity contribution in [3.05, 3.63) is 54.2 Å². The van der Waals surface area contributed by atoms with Crippen LogP contribution in [0.4, 0.5) is 0 Å². The molecule has 1 aliphatic carbocycles. The van der Waals surface area contributed by atoms with E-state index in [0.717, 1.165) is 18.2 Å². The lowest BCUT2D eigenvalue weighted by atomic mass is 10.1. The van der Waals surface area contributed by atoms with Crippen LogP contribution >= 0.6 is 0 Å². The molecule has 0 spiro atoms. The Hall–Kier alpha value is -1.67. The van der Waals surface area contributed by atoms with Gasteiger partial charge in [-0.25, -0.2) is 0 Å². The van der Waals surface area contributed by atoms with Crippen LogP contribution in [0.5, 0.6) is 0 Å². The van der Waals surface area contributed by atoms with Crippen molar-refractivity contribution >= 4 is 0 Å². The molecule has 3 rings (SSSR count). The summed E-state index contributed by atoms with van der Waals surface area (Å²) in [5.41, 5.74) is 3.57. The Balaban J connectivity index is 1.53. The van der Waals surface area contributed by atoms with Crippen LogP contribution in [-0.2, 0) is 6.54 Å². The van der Waals surface area contributed by atoms with Crippen LogP contribution in [-0.4, -0.2) is 11.5 Å². The Morgan fingerprint density at radius 3 is 2.50 bits per heavy atom. The molecule has 1 fully saturated rings. The van der Waals surface area contributed by atoms with E-state index >= 15 is 0 Å². The van der Waals surface area contributed by atoms with Crippen molar-refractivity contribution in [2.75, 3.05) is 6.54 Å². The molecule has 2 heteroatoms. The van der Waals surface area contributed by atoms with Gasteiger partial charge < -0.3 is 5.32 Å². The van der Waals surface area contributed by atoms with Crippen LogP contribution in [0, 0.1) is 5.92 Å². The average Bonchev–Trinajstić information content (AvgIpc) is 3.02. The number of rotatable bonds is 5. The number of hydrogen-bond donors (Lipinski definition) is 1. The molecule has 0 radical (unpaired) electrons. The lowest BCUT2D eigenvalue weighted by molar-refractivity contribution is 0.489. The van der Waals surface area contributed by atoms with Crippen molar-refractivity contribution in [1.29, 1.82) is 0 Å². The van der Waals surface area contributed by atoms with Crippen molar-refractivity contribution in [1.82, 2.24) is 10.3 Å². The lowest BCUT2D eigenvalue weighted by Crippen LogP contribution is -2.20. The first-order valence-electron chi connectivity index (χ1n) is 7.63. The summed E-state index contributed by atoms with van der Waals surface area (Å²) in [5, 5.41) is 3.59. The molecule has 104 valence electrons. The Morgan fingerprint density at radius 2 is 1.80 bits per heavy atom. The minimum absolute atomic E-state index is 0.905. The highest BCUT2D eigenvalue weighted by atomic mass is 14.9. The van der Waals surface area contributed by atoms with Gasteiger partial charge in [-0.05, 0) is 43.0 Å². The van der Waals surface area contributed by atoms with Gasteiger partial charge >= 0.3 is 0 Å². The SMILES string of the molecule is c1ccc(-c2ccc(CNCC3CCCC3)cc2)nc1. The van der Waals surface area contributed by atoms with Crippen LogP contribution in [0.3, 0.4) is 0 Å². The fourth-order valence-corrected chi connectivity index (χ4v) is 2.96. The molecule has 1 aromatic carbocycles. The molecule has 0 saturated heterocycles. The van der Waals surface area contributed by atoms with E-state index < -0.39 is 0 Å². The fourth-order valence-electron chi connectivity index (χ4n) is 2.96. The first kappa shape index (κ1) is 13.3. The predicted molar refractivity (Wildman–Crippen MR) is 83.3 cm³/mol. The summed E-state index contributed by atoms with van der Waals surface area (Å²) >= 11 is 0. The largest absolute Gasteiger partial charge is 0.312 e. The van der Waals surface area contributed by atoms with E-state index in [2.05, 4.69) is 34.6 Å². The molecule has 1 heterocycles. The standard InChI is InChI=1S/C18H22N2/c1-2-6-15(5-1)13-19-14-16-8-10-17(11-9-16)18-7-3-4-12-20-18/h3-4,7-12,15,19H,1-2,5-6,13-14H2. The molecule has 0 unspecified atom stereocenters. The van der Waals surface area contributed by atoms with E-state index in [1.165, 1.54) is 43.4 Å². The fraction of sp³-hybridized carbons (Fsp3) is 0.389. The Bertz CT molecular complexity index is 513. The van der Waals surface area contributed by atoms with Crippen molar-refractivity contribution in [3.63, 3.8) is 0 Å². The van der Waals surface area contributed by atoms with Gasteiger partial charge in [-0.3, -0.25) is 4.98 Å². The van der Waals surface area contributed by atoms with Crippen LogP contribution in [0.25, 0.3) is 11.3 Å². The second-order valence-corrected chi connectivity index (χ2v) is 5.69. The number of benzene rings is 1. The highest BCUT2D eigenvalue weighted by molar-refractivity contribution is 5.58. The maximum Gasteiger partial charge on any atom is 0.0701 e. The van der Waals surface area contributed by atoms with Gasteiger partial charge in [0.2, 0.25) is 0 Å². The summed E-state index contributed by atoms with van der Waals surface area (Å²) in [6, 6.07) is 14.7. The van der Waals surface area contributed by atoms with Crippen molar-refractivity contribution in [2.45, 2.75) is 32.2 Å². The topological polar surface area (TPSA) is 24.9 Å². The van der Waals surface area contributed by atoms with Crippen LogP contribution in [0.2, 0.25) is 0 Å². The first-order chi connectivity index (χ1) is 9.92. The van der Waals surface area contributed by atoms with E-state index in [1.54, 1.807) is 0 Å². The number of pyridine rings is 1. The van der Waals surface area contributed by atoms with Gasteiger partial charge in [0, 0.05) is 18.3 Å². The molecule has 2 nitrogen and oxygen atoms in total. The smallest absolute Gasteiger partial charge is 0.0701 e. The zero-order valence-electron chi connectivity index (χ0n) is 11.9. The van der Waals surface area contributed by atoms with Gasteiger partial charge in [0.15, 0.2) is 0 Å². The van der Waals surface area contributed by atoms with E-state index in [0.29, 0.717) is 0 Å². The van der Waals surface area contributed by atoms with E-state index in [1.807, 2.05) is 24.4 Å². The highest BCUT2D eigenvalue weighted by Gasteiger charge is 2.13. The lowest BCUT2D eigenvalue weighted by Gasteiger charge is -2.10. The summed E-state index contributed by atoms with van der Waals surface area (Å²) in [4.78, 5) is 4.38. The summed E-state index contributed by atoms with van der Waals surface area (Å²) < 4.78 is 0. The Kier molecular flexibility index (Phi) is 4.44. The van der Waals surface area contributed by atoms with Gasteiger partial charge in [0.05, 0.1) is 5.69 Å². The Morgan fingerprint density at radius 1 is 1.00 bits per heavy atom. The summed E-state index contributed by atoms with van der Waals surface area (Å²) in [6.07, 6.45) is 7.50. The summed E-state index contributed by atoms with van der Waals surface area (Å²) in [7, 11) is 0. The van der Waals surface area contributed by atoms with Gasteiger partial charge in [-0.1, -0.05) is 43.2 Å². The van der Waals surface area contributed by atoms with Gasteiger partial charge in [-0.15, -0.1) is 0 Å². The molecule has 2 aromatic rings. The van der Waals surface area contributed by atoms with Crippen LogP contribution < -0.4 is 5.32 Å². The third-order valence-electron chi connectivity index (χ3n) is 4.15. The molecular weight excluding hydrogens is 244 g/mol. The molecule has 1 N–H and O–H groups in total. The van der Waals surface area contributed by atoms with Crippen LogP contribution in [0.1, 0.15) is 31.2 Å². The van der Waals surface area contributed by atoms with E-state index in [-0.39, 0.29) is 0 Å². The van der Waals surface area contributed by atoms with Gasteiger partial charge in [-0.2, -0.15) is 0 Å². The van der Waals surface area contributed by atoms with Crippen molar-refractivity contribution in [3.8, 4) is 11.3 Å². The zero-order chi connectivity index (χ0) is 13.6. The predicted octanol–water partition coefficient (Wildman–Crippen LogP) is 4.03. The zero-order valence-corrected chi connectivity index (χ0v) is 11.9. The Labute approximate surface area is 121 Å². The van der Waals surface area contributed by atoms with Gasteiger partial charge in [0.1, 0.15) is 0 Å². The average molecular weight is 266 g/mol. The number of nitrogens with zero attached hydrogens (tertiary/aromatic N) is 1. The molecule has 1 aromatic heterocycles. The second kappa shape index (κ2) is 6.67. The second-order valence-electron chi connectivity index (χ2n) is 5.69. The number of aromatic nitrogens is 1. The first-order valence-corrected chi connectivity index (χ1v) is 7.63. The third-order valence-corrected chi connectivity index (χ3v) is 4.15. The van der Waals surface area contributed by atoms with Gasteiger partial charge in [0.25, 0.3) is 0 Å². The van der Waals surface area contributed by atoms with Crippen molar-refractivity contribution in [2.24, 2.45) is 5.92 Å². The minimum Gasteiger partial charge on any atom is -0.312 e. The molecule has 20 heavy (non-hydrogen) atoms. The highest BCUT2D eigenvalue weighted by Crippen LogP contribution is 2.23. The maximum absolute atomic E-state index is 4.38. The molecule has 0 bridgehead atoms. The maximum atomic E-state index is 4.38. The third kappa shape index (κ3) is 3.45. The molecule has 1 saturated carbocycles. The quantitative estimate of drug-likeness (QED) is 0.884. The molecule has 1 aliphatic rings. The number of hydrogen-bond acceptors (Lipinski definition) is 2. The van der Waals surface area contributed by atoms with E-state index in [9.17, 15) is 0 Å². The van der Waals surface area contributed by atoms with Crippen molar-refractivity contribution < 1.29 is 0 Å². The van der Waals surface area contributed by atoms with Crippen LogP contribution in [0.15, 0.2) is 48.7 Å². The minimum atomic E-state index is 0.905. The molecular formula is C18H22N2. The number of nitrogens with one attached hydrogen (secondary N) is 1. The van der Waals surface area contributed by atoms with E-state index in [4.69, 9.17) is 0 Å². The monoisotopic (exact) mass is 266 g/mol. The normalized spacial score (nSPS) is 15.6.